The van der Waals surface area contributed by atoms with E-state index in [1.807, 2.05) is 25.2 Å². The topological polar surface area (TPSA) is 54.0 Å². The number of benzene rings is 1. The smallest absolute Gasteiger partial charge is 0.234 e. The highest BCUT2D eigenvalue weighted by Crippen LogP contribution is 2.33. The summed E-state index contributed by atoms with van der Waals surface area (Å²) in [5.74, 6) is 1.06. The van der Waals surface area contributed by atoms with Gasteiger partial charge in [-0.2, -0.15) is 0 Å². The van der Waals surface area contributed by atoms with Crippen LogP contribution in [0.25, 0.3) is 0 Å². The maximum absolute atomic E-state index is 12.6. The Bertz CT molecular complexity index is 655. The van der Waals surface area contributed by atoms with E-state index >= 15 is 0 Å². The van der Waals surface area contributed by atoms with Crippen LogP contribution < -0.4 is 10.1 Å². The molecular weight excluding hydrogens is 378 g/mol. The molecule has 3 rings (SSSR count). The van der Waals surface area contributed by atoms with Gasteiger partial charge in [-0.3, -0.25) is 14.6 Å². The normalized spacial score (nSPS) is 19.6. The van der Waals surface area contributed by atoms with Gasteiger partial charge in [-0.05, 0) is 44.9 Å². The zero-order valence-corrected chi connectivity index (χ0v) is 18.8. The summed E-state index contributed by atoms with van der Waals surface area (Å²) >= 11 is 0. The van der Waals surface area contributed by atoms with E-state index in [0.717, 1.165) is 57.1 Å². The van der Waals surface area contributed by atoms with Gasteiger partial charge in [-0.25, -0.2) is 0 Å². The Balaban J connectivity index is 1.37. The van der Waals surface area contributed by atoms with Crippen LogP contribution in [0.2, 0.25) is 0 Å². The molecule has 1 heterocycles. The van der Waals surface area contributed by atoms with Crippen molar-refractivity contribution in [3.05, 3.63) is 29.8 Å². The minimum absolute atomic E-state index is 0.121. The van der Waals surface area contributed by atoms with Gasteiger partial charge in [-0.1, -0.05) is 37.5 Å². The number of amides is 1. The molecule has 2 aliphatic rings. The number of hydrogen-bond acceptors (Lipinski definition) is 5. The van der Waals surface area contributed by atoms with Crippen LogP contribution >= 0.6 is 0 Å². The van der Waals surface area contributed by atoms with Gasteiger partial charge in [-0.15, -0.1) is 0 Å². The molecule has 0 spiro atoms. The first-order chi connectivity index (χ1) is 14.6. The maximum atomic E-state index is 12.6. The van der Waals surface area contributed by atoms with Crippen LogP contribution in [0.4, 0.5) is 0 Å². The number of carbonyl (C=O) groups excluding carboxylic acids is 1. The lowest BCUT2D eigenvalue weighted by Crippen LogP contribution is -2.60. The van der Waals surface area contributed by atoms with Crippen molar-refractivity contribution in [2.75, 3.05) is 59.6 Å². The fourth-order valence-corrected chi connectivity index (χ4v) is 4.73. The third kappa shape index (κ3) is 6.69. The van der Waals surface area contributed by atoms with Gasteiger partial charge in [0.2, 0.25) is 5.91 Å². The minimum Gasteiger partial charge on any atom is -0.493 e. The molecule has 30 heavy (non-hydrogen) atoms. The fraction of sp³-hybridized carbons (Fsp3) is 0.708. The first-order valence-electron chi connectivity index (χ1n) is 11.6. The second-order valence-corrected chi connectivity index (χ2v) is 8.87. The van der Waals surface area contributed by atoms with Crippen LogP contribution in [0.1, 0.15) is 44.1 Å². The van der Waals surface area contributed by atoms with Gasteiger partial charge in [0.15, 0.2) is 0 Å². The lowest BCUT2D eigenvalue weighted by molar-refractivity contribution is -0.123. The Hall–Kier alpha value is -1.63. The summed E-state index contributed by atoms with van der Waals surface area (Å²) in [7, 11) is 2.01. The highest BCUT2D eigenvalue weighted by atomic mass is 16.5. The average Bonchev–Trinajstić information content (AvgIpc) is 2.78. The van der Waals surface area contributed by atoms with Crippen LogP contribution in [0.15, 0.2) is 24.3 Å². The number of aryl methyl sites for hydroxylation is 1. The number of rotatable bonds is 10. The molecule has 0 aromatic heterocycles. The molecule has 1 aliphatic carbocycles. The van der Waals surface area contributed by atoms with E-state index in [9.17, 15) is 4.79 Å². The number of carbonyl (C=O) groups is 1. The van der Waals surface area contributed by atoms with Crippen LogP contribution in [-0.2, 0) is 9.53 Å². The summed E-state index contributed by atoms with van der Waals surface area (Å²) in [6, 6.07) is 8.07. The Morgan fingerprint density at radius 3 is 2.67 bits per heavy atom. The molecular formula is C24H39N3O3. The second kappa shape index (κ2) is 11.7. The first kappa shape index (κ1) is 23.0. The molecule has 1 N–H and O–H groups in total. The van der Waals surface area contributed by atoms with Gasteiger partial charge < -0.3 is 14.8 Å². The molecule has 1 saturated carbocycles. The third-order valence-electron chi connectivity index (χ3n) is 6.53. The van der Waals surface area contributed by atoms with Gasteiger partial charge >= 0.3 is 0 Å². The predicted octanol–water partition coefficient (Wildman–Crippen LogP) is 2.85. The van der Waals surface area contributed by atoms with Crippen molar-refractivity contribution in [2.45, 2.75) is 51.0 Å². The number of morpholine rings is 1. The zero-order valence-electron chi connectivity index (χ0n) is 18.8. The molecule has 0 radical (unpaired) electrons. The van der Waals surface area contributed by atoms with Crippen molar-refractivity contribution in [1.82, 2.24) is 15.1 Å². The van der Waals surface area contributed by atoms with Crippen molar-refractivity contribution < 1.29 is 14.3 Å². The monoisotopic (exact) mass is 417 g/mol. The van der Waals surface area contributed by atoms with E-state index in [-0.39, 0.29) is 11.4 Å². The lowest BCUT2D eigenvalue weighted by Gasteiger charge is -2.48. The number of nitrogens with zero attached hydrogens (tertiary/aromatic N) is 2. The van der Waals surface area contributed by atoms with Crippen molar-refractivity contribution in [3.63, 3.8) is 0 Å². The SMILES string of the molecule is Cc1ccccc1OCCCN(C)CC(=O)NCC1(N2CCOCC2)CCCCC1. The average molecular weight is 418 g/mol. The van der Waals surface area contributed by atoms with Crippen molar-refractivity contribution in [2.24, 2.45) is 0 Å². The standard InChI is InChI=1S/C24H39N3O3/c1-21-9-4-5-10-22(21)30-16-8-13-26(2)19-23(28)25-20-24(11-6-3-7-12-24)27-14-17-29-18-15-27/h4-5,9-10H,3,6-8,11-20H2,1-2H3,(H,25,28). The maximum Gasteiger partial charge on any atom is 0.234 e. The highest BCUT2D eigenvalue weighted by Gasteiger charge is 2.38. The van der Waals surface area contributed by atoms with Crippen LogP contribution in [0, 0.1) is 6.92 Å². The van der Waals surface area contributed by atoms with Crippen LogP contribution in [0.3, 0.4) is 0 Å². The van der Waals surface area contributed by atoms with Gasteiger partial charge in [0.25, 0.3) is 0 Å². The lowest BCUT2D eigenvalue weighted by atomic mass is 9.79. The summed E-state index contributed by atoms with van der Waals surface area (Å²) in [4.78, 5) is 17.2. The van der Waals surface area contributed by atoms with E-state index in [1.54, 1.807) is 0 Å². The number of nitrogens with one attached hydrogen (secondary N) is 1. The molecule has 1 aliphatic heterocycles. The molecule has 1 amide bonds. The van der Waals surface area contributed by atoms with Gasteiger partial charge in [0.1, 0.15) is 5.75 Å². The second-order valence-electron chi connectivity index (χ2n) is 8.87. The predicted molar refractivity (Wildman–Crippen MR) is 120 cm³/mol. The summed E-state index contributed by atoms with van der Waals surface area (Å²) in [5.41, 5.74) is 1.28. The Morgan fingerprint density at radius 2 is 1.93 bits per heavy atom. The van der Waals surface area contributed by atoms with Crippen LogP contribution in [0.5, 0.6) is 5.75 Å². The third-order valence-corrected chi connectivity index (χ3v) is 6.53. The molecule has 0 bridgehead atoms. The number of ether oxygens (including phenoxy) is 2. The number of likely N-dealkylation sites (N-methyl/N-ethyl adjacent to an activating group) is 1. The highest BCUT2D eigenvalue weighted by molar-refractivity contribution is 5.78. The Kier molecular flexibility index (Phi) is 8.97. The first-order valence-corrected chi connectivity index (χ1v) is 11.6. The van der Waals surface area contributed by atoms with Crippen molar-refractivity contribution in [1.29, 1.82) is 0 Å². The molecule has 1 aromatic carbocycles. The van der Waals surface area contributed by atoms with Gasteiger partial charge in [0, 0.05) is 31.7 Å². The van der Waals surface area contributed by atoms with E-state index in [4.69, 9.17) is 9.47 Å². The molecule has 0 atom stereocenters. The quantitative estimate of drug-likeness (QED) is 0.594. The van der Waals surface area contributed by atoms with E-state index in [1.165, 1.54) is 32.1 Å². The summed E-state index contributed by atoms with van der Waals surface area (Å²) in [5, 5.41) is 3.25. The summed E-state index contributed by atoms with van der Waals surface area (Å²) in [6.07, 6.45) is 7.09. The molecule has 6 nitrogen and oxygen atoms in total. The molecule has 168 valence electrons. The van der Waals surface area contributed by atoms with Crippen molar-refractivity contribution >= 4 is 5.91 Å². The number of para-hydroxylation sites is 1. The van der Waals surface area contributed by atoms with E-state index in [2.05, 4.69) is 28.1 Å². The number of hydrogen-bond donors (Lipinski definition) is 1. The Morgan fingerprint density at radius 1 is 1.20 bits per heavy atom. The Labute approximate surface area is 181 Å². The summed E-state index contributed by atoms with van der Waals surface area (Å²) < 4.78 is 11.4. The van der Waals surface area contributed by atoms with Gasteiger partial charge in [0.05, 0.1) is 26.4 Å². The zero-order chi connectivity index (χ0) is 21.2. The fourth-order valence-electron chi connectivity index (χ4n) is 4.73. The largest absolute Gasteiger partial charge is 0.493 e. The molecule has 0 unspecified atom stereocenters. The van der Waals surface area contributed by atoms with E-state index < -0.39 is 0 Å². The molecule has 2 fully saturated rings. The van der Waals surface area contributed by atoms with Crippen LogP contribution in [-0.4, -0.2) is 80.8 Å². The minimum atomic E-state index is 0.121. The van der Waals surface area contributed by atoms with E-state index in [0.29, 0.717) is 13.2 Å². The van der Waals surface area contributed by atoms with Crippen molar-refractivity contribution in [3.8, 4) is 5.75 Å². The molecule has 1 aromatic rings. The summed E-state index contributed by atoms with van der Waals surface area (Å²) in [6.45, 7) is 8.34. The molecule has 6 heteroatoms. The molecule has 1 saturated heterocycles.